The van der Waals surface area contributed by atoms with Crippen molar-refractivity contribution in [3.63, 3.8) is 0 Å². The van der Waals surface area contributed by atoms with Gasteiger partial charge in [0.15, 0.2) is 0 Å². The van der Waals surface area contributed by atoms with Gasteiger partial charge in [-0.15, -0.1) is 0 Å². The smallest absolute Gasteiger partial charge is 0.310 e. The highest BCUT2D eigenvalue weighted by molar-refractivity contribution is 14.1. The second-order valence-electron chi connectivity index (χ2n) is 4.22. The molecule has 0 aromatic rings. The molecule has 0 aromatic heterocycles. The van der Waals surface area contributed by atoms with Crippen LogP contribution in [0.25, 0.3) is 0 Å². The summed E-state index contributed by atoms with van der Waals surface area (Å²) in [6.45, 7) is 4.70. The second kappa shape index (κ2) is 7.86. The molecule has 18 heavy (non-hydrogen) atoms. The number of hydrogen-bond donors (Lipinski definition) is 0. The average molecular weight is 480 g/mol. The van der Waals surface area contributed by atoms with Crippen molar-refractivity contribution in [1.82, 2.24) is 0 Å². The lowest BCUT2D eigenvalue weighted by atomic mass is 10.4. The van der Waals surface area contributed by atoms with Gasteiger partial charge in [0, 0.05) is 7.85 Å². The van der Waals surface area contributed by atoms with Gasteiger partial charge in [-0.2, -0.15) is 0 Å². The molecule has 4 nitrogen and oxygen atoms in total. The normalized spacial score (nSPS) is 31.8. The molecule has 0 bridgehead atoms. The van der Waals surface area contributed by atoms with E-state index >= 15 is 0 Å². The number of alkyl halides is 2. The third-order valence-electron chi connectivity index (χ3n) is 2.60. The van der Waals surface area contributed by atoms with E-state index in [0.29, 0.717) is 21.1 Å². The molecule has 0 N–H and O–H groups in total. The van der Waals surface area contributed by atoms with E-state index in [1.807, 2.05) is 13.8 Å². The van der Waals surface area contributed by atoms with Crippen LogP contribution in [0.1, 0.15) is 26.7 Å². The van der Waals surface area contributed by atoms with E-state index in [-0.39, 0.29) is 23.8 Å². The van der Waals surface area contributed by atoms with Crippen molar-refractivity contribution in [1.29, 1.82) is 0 Å². The van der Waals surface area contributed by atoms with Crippen LogP contribution in [0.4, 0.5) is 0 Å². The lowest BCUT2D eigenvalue weighted by molar-refractivity contribution is -0.145. The molecular weight excluding hydrogens is 462 g/mol. The molecular formula is C12H18I2O4. The maximum Gasteiger partial charge on any atom is 0.310 e. The lowest BCUT2D eigenvalue weighted by Crippen LogP contribution is -2.06. The van der Waals surface area contributed by atoms with Crippen LogP contribution >= 0.6 is 45.2 Å². The first kappa shape index (κ1) is 16.5. The maximum atomic E-state index is 10.8. The highest BCUT2D eigenvalue weighted by Crippen LogP contribution is 2.39. The Bertz CT molecular complexity index is 278. The minimum absolute atomic E-state index is 0.0168. The number of hydrogen-bond acceptors (Lipinski definition) is 4. The molecule has 0 aliphatic heterocycles. The quantitative estimate of drug-likeness (QED) is 0.353. The van der Waals surface area contributed by atoms with Gasteiger partial charge in [-0.05, 0) is 26.7 Å². The fourth-order valence-corrected chi connectivity index (χ4v) is 3.00. The van der Waals surface area contributed by atoms with Crippen LogP contribution in [-0.4, -0.2) is 33.0 Å². The summed E-state index contributed by atoms with van der Waals surface area (Å²) in [5, 5.41) is 0. The molecule has 2 rings (SSSR count). The molecule has 2 aliphatic rings. The van der Waals surface area contributed by atoms with E-state index in [9.17, 15) is 9.59 Å². The summed E-state index contributed by atoms with van der Waals surface area (Å²) in [7, 11) is 0. The number of carbonyl (C=O) groups is 2. The molecule has 2 fully saturated rings. The highest BCUT2D eigenvalue weighted by atomic mass is 127. The van der Waals surface area contributed by atoms with Crippen LogP contribution in [0.3, 0.4) is 0 Å². The monoisotopic (exact) mass is 480 g/mol. The van der Waals surface area contributed by atoms with Gasteiger partial charge in [-0.25, -0.2) is 0 Å². The van der Waals surface area contributed by atoms with Gasteiger partial charge in [0.25, 0.3) is 0 Å². The van der Waals surface area contributed by atoms with Crippen LogP contribution in [-0.2, 0) is 19.1 Å². The summed E-state index contributed by atoms with van der Waals surface area (Å²) in [6.07, 6.45) is 2.03. The Labute approximate surface area is 135 Å². The fraction of sp³-hybridized carbons (Fsp3) is 0.833. The maximum absolute atomic E-state index is 10.8. The molecule has 2 saturated carbocycles. The number of halogens is 2. The van der Waals surface area contributed by atoms with Crippen LogP contribution < -0.4 is 0 Å². The van der Waals surface area contributed by atoms with E-state index in [2.05, 4.69) is 45.2 Å². The first-order valence-corrected chi connectivity index (χ1v) is 8.61. The van der Waals surface area contributed by atoms with Crippen molar-refractivity contribution < 1.29 is 19.1 Å². The molecule has 0 spiro atoms. The number of esters is 2. The Morgan fingerprint density at radius 1 is 0.944 bits per heavy atom. The van der Waals surface area contributed by atoms with Crippen molar-refractivity contribution in [2.24, 2.45) is 11.8 Å². The predicted octanol–water partition coefficient (Wildman–Crippen LogP) is 2.75. The first-order valence-electron chi connectivity index (χ1n) is 6.12. The molecule has 0 saturated heterocycles. The average Bonchev–Trinajstić information content (AvgIpc) is 3.19. The van der Waals surface area contributed by atoms with Crippen molar-refractivity contribution in [3.05, 3.63) is 0 Å². The Balaban J connectivity index is 0.000000180. The predicted molar refractivity (Wildman–Crippen MR) is 85.1 cm³/mol. The van der Waals surface area contributed by atoms with E-state index < -0.39 is 0 Å². The summed E-state index contributed by atoms with van der Waals surface area (Å²) in [4.78, 5) is 21.6. The molecule has 6 heteroatoms. The van der Waals surface area contributed by atoms with Crippen LogP contribution in [0, 0.1) is 11.8 Å². The van der Waals surface area contributed by atoms with Gasteiger partial charge in [0.05, 0.1) is 25.0 Å². The van der Waals surface area contributed by atoms with Crippen LogP contribution in [0.15, 0.2) is 0 Å². The van der Waals surface area contributed by atoms with Crippen molar-refractivity contribution in [2.75, 3.05) is 13.2 Å². The van der Waals surface area contributed by atoms with Crippen molar-refractivity contribution in [3.8, 4) is 0 Å². The highest BCUT2D eigenvalue weighted by Gasteiger charge is 2.42. The summed E-state index contributed by atoms with van der Waals surface area (Å²) in [6, 6.07) is 0. The van der Waals surface area contributed by atoms with Gasteiger partial charge in [0.1, 0.15) is 0 Å². The zero-order valence-corrected chi connectivity index (χ0v) is 14.8. The Kier molecular flexibility index (Phi) is 7.19. The summed E-state index contributed by atoms with van der Waals surface area (Å²) in [5.41, 5.74) is 0. The number of rotatable bonds is 4. The number of ether oxygens (including phenoxy) is 2. The molecule has 0 unspecified atom stereocenters. The SMILES string of the molecule is CCOC(=O)[C@@H]1C[C@@H]1I.CCOC(=O)[C@H]1C[C@H]1I. The molecule has 0 radical (unpaired) electrons. The second-order valence-corrected chi connectivity index (χ2v) is 7.42. The van der Waals surface area contributed by atoms with Gasteiger partial charge >= 0.3 is 11.9 Å². The standard InChI is InChI=1S/2C6H9IO2/c2*1-2-9-6(8)4-3-5(4)7/h2*4-5H,2-3H2,1H3/t2*4-,5+/m10/s1. The largest absolute Gasteiger partial charge is 0.466 e. The van der Waals surface area contributed by atoms with Gasteiger partial charge in [-0.1, -0.05) is 45.2 Å². The van der Waals surface area contributed by atoms with E-state index in [1.54, 1.807) is 0 Å². The minimum atomic E-state index is -0.0168. The minimum Gasteiger partial charge on any atom is -0.466 e. The van der Waals surface area contributed by atoms with Crippen molar-refractivity contribution >= 4 is 57.1 Å². The lowest BCUT2D eigenvalue weighted by Gasteiger charge is -1.96. The molecule has 0 aromatic carbocycles. The van der Waals surface area contributed by atoms with E-state index in [0.717, 1.165) is 12.8 Å². The molecule has 104 valence electrons. The first-order chi connectivity index (χ1) is 8.51. The van der Waals surface area contributed by atoms with Gasteiger partial charge in [-0.3, -0.25) is 9.59 Å². The van der Waals surface area contributed by atoms with E-state index in [4.69, 9.17) is 9.47 Å². The zero-order chi connectivity index (χ0) is 13.7. The molecule has 2 aliphatic carbocycles. The Morgan fingerprint density at radius 3 is 1.39 bits per heavy atom. The Hall–Kier alpha value is 0.400. The Morgan fingerprint density at radius 2 is 1.22 bits per heavy atom. The number of carbonyl (C=O) groups excluding carboxylic acids is 2. The summed E-state index contributed by atoms with van der Waals surface area (Å²) >= 11 is 4.54. The van der Waals surface area contributed by atoms with Crippen LogP contribution in [0.5, 0.6) is 0 Å². The van der Waals surface area contributed by atoms with E-state index in [1.165, 1.54) is 0 Å². The molecule has 0 heterocycles. The zero-order valence-electron chi connectivity index (χ0n) is 10.5. The van der Waals surface area contributed by atoms with Crippen LogP contribution in [0.2, 0.25) is 0 Å². The third-order valence-corrected chi connectivity index (χ3v) is 5.36. The topological polar surface area (TPSA) is 52.6 Å². The fourth-order valence-electron chi connectivity index (χ4n) is 1.31. The van der Waals surface area contributed by atoms with Crippen molar-refractivity contribution in [2.45, 2.75) is 34.5 Å². The van der Waals surface area contributed by atoms with Gasteiger partial charge < -0.3 is 9.47 Å². The molecule has 0 amide bonds. The summed E-state index contributed by atoms with van der Waals surface area (Å²) < 4.78 is 10.7. The van der Waals surface area contributed by atoms with Gasteiger partial charge in [0.2, 0.25) is 0 Å². The molecule has 4 atom stereocenters. The summed E-state index contributed by atoms with van der Waals surface area (Å²) in [5.74, 6) is 0.393. The third kappa shape index (κ3) is 5.58.